The monoisotopic (exact) mass is 335 g/mol. The van der Waals surface area contributed by atoms with Crippen molar-refractivity contribution in [1.82, 2.24) is 4.98 Å². The fraction of sp³-hybridized carbons (Fsp3) is 0.238. The second-order valence-electron chi connectivity index (χ2n) is 7.25. The topological polar surface area (TPSA) is 70.4 Å². The number of rotatable bonds is 2. The number of aromatic nitrogens is 1. The number of carbonyl (C=O) groups is 1. The summed E-state index contributed by atoms with van der Waals surface area (Å²) in [7, 11) is 0. The lowest BCUT2D eigenvalue weighted by Crippen LogP contribution is -2.15. The summed E-state index contributed by atoms with van der Waals surface area (Å²) < 4.78 is 0. The molecule has 1 aromatic heterocycles. The van der Waals surface area contributed by atoms with Gasteiger partial charge < -0.3 is 10.2 Å². The minimum atomic E-state index is -1.12. The summed E-state index contributed by atoms with van der Waals surface area (Å²) in [5, 5.41) is 21.2. The summed E-state index contributed by atoms with van der Waals surface area (Å²) in [5.74, 6) is -1.28. The van der Waals surface area contributed by atoms with Crippen molar-refractivity contribution >= 4 is 16.9 Å². The third-order valence-corrected chi connectivity index (χ3v) is 4.52. The number of aromatic carboxylic acids is 1. The third-order valence-electron chi connectivity index (χ3n) is 4.52. The quantitative estimate of drug-likeness (QED) is 0.698. The van der Waals surface area contributed by atoms with Gasteiger partial charge in [-0.25, -0.2) is 4.79 Å². The number of nitrogens with zero attached hydrogens (tertiary/aromatic N) is 1. The predicted molar refractivity (Wildman–Crippen MR) is 99.2 cm³/mol. The molecule has 128 valence electrons. The van der Waals surface area contributed by atoms with Gasteiger partial charge in [0.1, 0.15) is 11.3 Å². The molecule has 4 heteroatoms. The van der Waals surface area contributed by atoms with E-state index in [9.17, 15) is 15.0 Å². The SMILES string of the molecule is Cc1c(-c2cccc3ncccc23)cc(C(C)(C)C)c(O)c1C(=O)O. The fourth-order valence-corrected chi connectivity index (χ4v) is 3.22. The summed E-state index contributed by atoms with van der Waals surface area (Å²) in [6, 6.07) is 11.5. The minimum Gasteiger partial charge on any atom is -0.507 e. The van der Waals surface area contributed by atoms with Gasteiger partial charge in [0.25, 0.3) is 0 Å². The van der Waals surface area contributed by atoms with Crippen LogP contribution in [-0.4, -0.2) is 21.2 Å². The zero-order valence-corrected chi connectivity index (χ0v) is 14.8. The van der Waals surface area contributed by atoms with Crippen molar-refractivity contribution in [1.29, 1.82) is 0 Å². The first kappa shape index (κ1) is 17.0. The molecule has 4 nitrogen and oxygen atoms in total. The van der Waals surface area contributed by atoms with Crippen molar-refractivity contribution < 1.29 is 15.0 Å². The molecule has 0 bridgehead atoms. The van der Waals surface area contributed by atoms with Crippen molar-refractivity contribution in [3.8, 4) is 16.9 Å². The van der Waals surface area contributed by atoms with E-state index < -0.39 is 5.97 Å². The highest BCUT2D eigenvalue weighted by atomic mass is 16.4. The standard InChI is InChI=1S/C21H21NO3/c1-12-15(13-7-5-9-17-14(13)8-6-10-22-17)11-16(21(2,3)4)19(23)18(12)20(24)25/h5-11,23H,1-4H3,(H,24,25). The summed E-state index contributed by atoms with van der Waals surface area (Å²) >= 11 is 0. The lowest BCUT2D eigenvalue weighted by molar-refractivity contribution is 0.0692. The summed E-state index contributed by atoms with van der Waals surface area (Å²) in [6.45, 7) is 7.60. The van der Waals surface area contributed by atoms with Crippen molar-refractivity contribution in [3.63, 3.8) is 0 Å². The number of aromatic hydroxyl groups is 1. The Balaban J connectivity index is 2.44. The average Bonchev–Trinajstić information content (AvgIpc) is 2.53. The Bertz CT molecular complexity index is 979. The second-order valence-corrected chi connectivity index (χ2v) is 7.25. The summed E-state index contributed by atoms with van der Waals surface area (Å²) in [5.41, 5.74) is 3.31. The highest BCUT2D eigenvalue weighted by Crippen LogP contribution is 2.41. The van der Waals surface area contributed by atoms with Gasteiger partial charge in [0.15, 0.2) is 0 Å². The van der Waals surface area contributed by atoms with E-state index in [2.05, 4.69) is 4.98 Å². The van der Waals surface area contributed by atoms with E-state index in [1.165, 1.54) is 0 Å². The van der Waals surface area contributed by atoms with Crippen molar-refractivity contribution in [2.75, 3.05) is 0 Å². The zero-order chi connectivity index (χ0) is 18.4. The number of carboxylic acids is 1. The van der Waals surface area contributed by atoms with Gasteiger partial charge in [-0.05, 0) is 47.2 Å². The highest BCUT2D eigenvalue weighted by molar-refractivity contribution is 6.00. The van der Waals surface area contributed by atoms with Gasteiger partial charge in [0, 0.05) is 17.1 Å². The molecule has 25 heavy (non-hydrogen) atoms. The average molecular weight is 335 g/mol. The van der Waals surface area contributed by atoms with E-state index in [-0.39, 0.29) is 16.7 Å². The Kier molecular flexibility index (Phi) is 3.99. The number of carboxylic acid groups (broad SMARTS) is 1. The number of hydrogen-bond donors (Lipinski definition) is 2. The Morgan fingerprint density at radius 2 is 1.80 bits per heavy atom. The normalized spacial score (nSPS) is 11.7. The number of benzene rings is 2. The van der Waals surface area contributed by atoms with Crippen LogP contribution in [0.5, 0.6) is 5.75 Å². The Morgan fingerprint density at radius 3 is 2.44 bits per heavy atom. The Morgan fingerprint density at radius 1 is 1.08 bits per heavy atom. The number of pyridine rings is 1. The van der Waals surface area contributed by atoms with Crippen LogP contribution in [0.2, 0.25) is 0 Å². The van der Waals surface area contributed by atoms with Gasteiger partial charge in [-0.1, -0.05) is 39.0 Å². The molecule has 3 rings (SSSR count). The maximum atomic E-state index is 11.8. The van der Waals surface area contributed by atoms with Crippen LogP contribution in [0.4, 0.5) is 0 Å². The molecular formula is C21H21NO3. The summed E-state index contributed by atoms with van der Waals surface area (Å²) in [6.07, 6.45) is 1.74. The minimum absolute atomic E-state index is 0.0386. The molecule has 0 aliphatic carbocycles. The first-order valence-electron chi connectivity index (χ1n) is 8.16. The molecule has 0 amide bonds. The number of fused-ring (bicyclic) bond motifs is 1. The molecule has 0 aliphatic rings. The molecular weight excluding hydrogens is 314 g/mol. The van der Waals surface area contributed by atoms with Crippen LogP contribution in [0, 0.1) is 6.92 Å². The van der Waals surface area contributed by atoms with Crippen LogP contribution in [0.25, 0.3) is 22.0 Å². The van der Waals surface area contributed by atoms with E-state index in [1.807, 2.05) is 57.2 Å². The molecule has 0 saturated heterocycles. The zero-order valence-electron chi connectivity index (χ0n) is 14.8. The van der Waals surface area contributed by atoms with Gasteiger partial charge in [-0.15, -0.1) is 0 Å². The van der Waals surface area contributed by atoms with Gasteiger partial charge in [0.2, 0.25) is 0 Å². The van der Waals surface area contributed by atoms with Gasteiger partial charge in [0.05, 0.1) is 5.52 Å². The maximum absolute atomic E-state index is 11.8. The predicted octanol–water partition coefficient (Wildman–Crippen LogP) is 4.91. The molecule has 0 unspecified atom stereocenters. The lowest BCUT2D eigenvalue weighted by Gasteiger charge is -2.24. The fourth-order valence-electron chi connectivity index (χ4n) is 3.22. The molecule has 1 heterocycles. The van der Waals surface area contributed by atoms with E-state index in [4.69, 9.17) is 0 Å². The first-order valence-corrected chi connectivity index (χ1v) is 8.16. The van der Waals surface area contributed by atoms with Gasteiger partial charge in [-0.2, -0.15) is 0 Å². The Labute approximate surface area is 146 Å². The van der Waals surface area contributed by atoms with E-state index in [0.717, 1.165) is 22.0 Å². The van der Waals surface area contributed by atoms with Crippen molar-refractivity contribution in [2.45, 2.75) is 33.1 Å². The molecule has 3 aromatic rings. The second kappa shape index (κ2) is 5.88. The van der Waals surface area contributed by atoms with E-state index in [1.54, 1.807) is 13.1 Å². The Hall–Kier alpha value is -2.88. The third kappa shape index (κ3) is 2.84. The lowest BCUT2D eigenvalue weighted by atomic mass is 9.81. The van der Waals surface area contributed by atoms with Crippen LogP contribution in [-0.2, 0) is 5.41 Å². The van der Waals surface area contributed by atoms with Crippen LogP contribution in [0.15, 0.2) is 42.6 Å². The largest absolute Gasteiger partial charge is 0.507 e. The van der Waals surface area contributed by atoms with Crippen LogP contribution in [0.1, 0.15) is 42.3 Å². The molecule has 0 aliphatic heterocycles. The van der Waals surface area contributed by atoms with Crippen LogP contribution >= 0.6 is 0 Å². The first-order chi connectivity index (χ1) is 11.7. The number of phenols is 1. The van der Waals surface area contributed by atoms with Crippen molar-refractivity contribution in [3.05, 3.63) is 59.3 Å². The molecule has 2 aromatic carbocycles. The van der Waals surface area contributed by atoms with Crippen LogP contribution in [0.3, 0.4) is 0 Å². The number of hydrogen-bond acceptors (Lipinski definition) is 3. The smallest absolute Gasteiger partial charge is 0.339 e. The molecule has 0 spiro atoms. The van der Waals surface area contributed by atoms with Gasteiger partial charge >= 0.3 is 5.97 Å². The van der Waals surface area contributed by atoms with Crippen LogP contribution < -0.4 is 0 Å². The van der Waals surface area contributed by atoms with E-state index >= 15 is 0 Å². The molecule has 2 N–H and O–H groups in total. The van der Waals surface area contributed by atoms with E-state index in [0.29, 0.717) is 11.1 Å². The molecule has 0 fully saturated rings. The van der Waals surface area contributed by atoms with Crippen molar-refractivity contribution in [2.24, 2.45) is 0 Å². The van der Waals surface area contributed by atoms with Gasteiger partial charge in [-0.3, -0.25) is 4.98 Å². The molecule has 0 radical (unpaired) electrons. The highest BCUT2D eigenvalue weighted by Gasteiger charge is 2.27. The summed E-state index contributed by atoms with van der Waals surface area (Å²) in [4.78, 5) is 16.2. The molecule has 0 atom stereocenters. The molecule has 0 saturated carbocycles. The maximum Gasteiger partial charge on any atom is 0.339 e.